The summed E-state index contributed by atoms with van der Waals surface area (Å²) in [6, 6.07) is 18.9. The number of carbonyl (C=O) groups excluding carboxylic acids is 1. The molecule has 5 heteroatoms. The molecule has 0 bridgehead atoms. The molecule has 0 aliphatic carbocycles. The van der Waals surface area contributed by atoms with Crippen molar-refractivity contribution < 1.29 is 4.79 Å². The fourth-order valence-corrected chi connectivity index (χ4v) is 2.99. The molecule has 3 aromatic rings. The van der Waals surface area contributed by atoms with Crippen molar-refractivity contribution in [2.75, 3.05) is 5.75 Å². The molecule has 1 aromatic heterocycles. The van der Waals surface area contributed by atoms with Gasteiger partial charge in [0.05, 0.1) is 22.9 Å². The Kier molecular flexibility index (Phi) is 4.22. The lowest BCUT2D eigenvalue weighted by atomic mass is 9.97. The van der Waals surface area contributed by atoms with Crippen LogP contribution >= 0.6 is 11.8 Å². The van der Waals surface area contributed by atoms with E-state index in [1.807, 2.05) is 42.5 Å². The van der Waals surface area contributed by atoms with Crippen LogP contribution in [0.15, 0.2) is 59.8 Å². The van der Waals surface area contributed by atoms with Gasteiger partial charge >= 0.3 is 0 Å². The second-order valence-corrected chi connectivity index (χ2v) is 5.75. The van der Waals surface area contributed by atoms with Crippen molar-refractivity contribution in [1.29, 1.82) is 5.26 Å². The van der Waals surface area contributed by atoms with E-state index < -0.39 is 5.92 Å². The Morgan fingerprint density at radius 1 is 1.18 bits per heavy atom. The van der Waals surface area contributed by atoms with Crippen LogP contribution in [0, 0.1) is 11.3 Å². The van der Waals surface area contributed by atoms with Crippen molar-refractivity contribution in [1.82, 2.24) is 9.97 Å². The van der Waals surface area contributed by atoms with Gasteiger partial charge in [0, 0.05) is 0 Å². The van der Waals surface area contributed by atoms with Gasteiger partial charge in [-0.25, -0.2) is 4.98 Å². The van der Waals surface area contributed by atoms with Crippen LogP contribution < -0.4 is 0 Å². The maximum Gasteiger partial charge on any atom is 0.166 e. The number of benzene rings is 2. The third kappa shape index (κ3) is 3.02. The highest BCUT2D eigenvalue weighted by Gasteiger charge is 2.20. The van der Waals surface area contributed by atoms with Crippen LogP contribution in [-0.2, 0) is 4.79 Å². The number of hydrogen-bond donors (Lipinski definition) is 1. The highest BCUT2D eigenvalue weighted by molar-refractivity contribution is 7.99. The molecule has 0 amide bonds. The van der Waals surface area contributed by atoms with Gasteiger partial charge < -0.3 is 4.98 Å². The number of imidazole rings is 1. The summed E-state index contributed by atoms with van der Waals surface area (Å²) in [5.74, 6) is -0.621. The highest BCUT2D eigenvalue weighted by atomic mass is 32.2. The first kappa shape index (κ1) is 14.4. The zero-order chi connectivity index (χ0) is 15.4. The van der Waals surface area contributed by atoms with Crippen molar-refractivity contribution >= 4 is 28.6 Å². The summed E-state index contributed by atoms with van der Waals surface area (Å²) >= 11 is 1.33. The van der Waals surface area contributed by atoms with Gasteiger partial charge in [0.25, 0.3) is 0 Å². The molecule has 0 unspecified atom stereocenters. The lowest BCUT2D eigenvalue weighted by Crippen LogP contribution is -2.13. The van der Waals surface area contributed by atoms with E-state index in [0.29, 0.717) is 5.16 Å². The summed E-state index contributed by atoms with van der Waals surface area (Å²) in [4.78, 5) is 19.9. The smallest absolute Gasteiger partial charge is 0.166 e. The SMILES string of the molecule is N#C[C@@H](C(=O)CSc1nc2ccccc2[nH]1)c1ccccc1. The van der Waals surface area contributed by atoms with Gasteiger partial charge in [-0.15, -0.1) is 0 Å². The molecule has 0 radical (unpaired) electrons. The second kappa shape index (κ2) is 6.46. The third-order valence-electron chi connectivity index (χ3n) is 3.30. The van der Waals surface area contributed by atoms with E-state index in [1.54, 1.807) is 12.1 Å². The number of nitrogens with one attached hydrogen (secondary N) is 1. The Bertz CT molecular complexity index is 803. The summed E-state index contributed by atoms with van der Waals surface area (Å²) in [6.45, 7) is 0. The average Bonchev–Trinajstić information content (AvgIpc) is 2.97. The number of hydrogen-bond acceptors (Lipinski definition) is 4. The number of aromatic nitrogens is 2. The fraction of sp³-hybridized carbons (Fsp3) is 0.118. The molecule has 3 rings (SSSR count). The Morgan fingerprint density at radius 3 is 2.64 bits per heavy atom. The topological polar surface area (TPSA) is 69.5 Å². The molecule has 1 N–H and O–H groups in total. The standard InChI is InChI=1S/C17H13N3OS/c18-10-13(12-6-2-1-3-7-12)16(21)11-22-17-19-14-8-4-5-9-15(14)20-17/h1-9,13H,11H2,(H,19,20)/t13-/m1/s1. The molecule has 1 heterocycles. The zero-order valence-corrected chi connectivity index (χ0v) is 12.5. The van der Waals surface area contributed by atoms with E-state index in [-0.39, 0.29) is 11.5 Å². The molecular weight excluding hydrogens is 294 g/mol. The normalized spacial score (nSPS) is 12.0. The van der Waals surface area contributed by atoms with E-state index in [2.05, 4.69) is 16.0 Å². The van der Waals surface area contributed by atoms with E-state index in [9.17, 15) is 10.1 Å². The number of rotatable bonds is 5. The monoisotopic (exact) mass is 307 g/mol. The number of nitriles is 1. The van der Waals surface area contributed by atoms with Crippen molar-refractivity contribution in [3.05, 3.63) is 60.2 Å². The number of thioether (sulfide) groups is 1. The molecule has 0 aliphatic rings. The lowest BCUT2D eigenvalue weighted by Gasteiger charge is -2.07. The van der Waals surface area contributed by atoms with Gasteiger partial charge in [-0.1, -0.05) is 54.2 Å². The highest BCUT2D eigenvalue weighted by Crippen LogP contribution is 2.23. The summed E-state index contributed by atoms with van der Waals surface area (Å²) in [5, 5.41) is 9.95. The van der Waals surface area contributed by atoms with Gasteiger partial charge in [-0.05, 0) is 17.7 Å². The summed E-state index contributed by atoms with van der Waals surface area (Å²) in [6.07, 6.45) is 0. The predicted octanol–water partition coefficient (Wildman–Crippen LogP) is 3.53. The van der Waals surface area contributed by atoms with Crippen molar-refractivity contribution in [2.45, 2.75) is 11.1 Å². The average molecular weight is 307 g/mol. The minimum atomic E-state index is -0.724. The molecule has 0 saturated carbocycles. The van der Waals surface area contributed by atoms with Crippen molar-refractivity contribution in [3.63, 3.8) is 0 Å². The van der Waals surface area contributed by atoms with E-state index >= 15 is 0 Å². The van der Waals surface area contributed by atoms with Crippen molar-refractivity contribution in [3.8, 4) is 6.07 Å². The van der Waals surface area contributed by atoms with Crippen LogP contribution in [0.3, 0.4) is 0 Å². The van der Waals surface area contributed by atoms with E-state index in [4.69, 9.17) is 0 Å². The first-order valence-corrected chi connectivity index (χ1v) is 7.81. The molecule has 0 aliphatic heterocycles. The van der Waals surface area contributed by atoms with Crippen LogP contribution in [0.4, 0.5) is 0 Å². The van der Waals surface area contributed by atoms with Gasteiger partial charge in [0.1, 0.15) is 5.92 Å². The van der Waals surface area contributed by atoms with E-state index in [0.717, 1.165) is 16.6 Å². The number of para-hydroxylation sites is 2. The summed E-state index contributed by atoms with van der Waals surface area (Å²) in [7, 11) is 0. The number of fused-ring (bicyclic) bond motifs is 1. The van der Waals surface area contributed by atoms with E-state index in [1.165, 1.54) is 11.8 Å². The molecule has 0 saturated heterocycles. The van der Waals surface area contributed by atoms with Crippen LogP contribution in [0.5, 0.6) is 0 Å². The van der Waals surface area contributed by atoms with Crippen molar-refractivity contribution in [2.24, 2.45) is 0 Å². The Balaban J connectivity index is 1.70. The third-order valence-corrected chi connectivity index (χ3v) is 4.20. The van der Waals surface area contributed by atoms with Gasteiger partial charge in [0.2, 0.25) is 0 Å². The summed E-state index contributed by atoms with van der Waals surface area (Å²) < 4.78 is 0. The fourth-order valence-electron chi connectivity index (χ4n) is 2.20. The minimum Gasteiger partial charge on any atom is -0.333 e. The number of aromatic amines is 1. The van der Waals surface area contributed by atoms with Crippen LogP contribution in [0.25, 0.3) is 11.0 Å². The molecule has 108 valence electrons. The lowest BCUT2D eigenvalue weighted by molar-refractivity contribution is -0.116. The Labute approximate surface area is 132 Å². The molecule has 22 heavy (non-hydrogen) atoms. The van der Waals surface area contributed by atoms with Crippen LogP contribution in [0.2, 0.25) is 0 Å². The first-order valence-electron chi connectivity index (χ1n) is 6.83. The van der Waals surface area contributed by atoms with Gasteiger partial charge in [0.15, 0.2) is 10.9 Å². The zero-order valence-electron chi connectivity index (χ0n) is 11.7. The Hall–Kier alpha value is -2.58. The molecular formula is C17H13N3OS. The largest absolute Gasteiger partial charge is 0.333 e. The van der Waals surface area contributed by atoms with Gasteiger partial charge in [-0.2, -0.15) is 5.26 Å². The van der Waals surface area contributed by atoms with Crippen LogP contribution in [0.1, 0.15) is 11.5 Å². The number of nitrogens with zero attached hydrogens (tertiary/aromatic N) is 2. The number of ketones is 1. The van der Waals surface area contributed by atoms with Crippen LogP contribution in [-0.4, -0.2) is 21.5 Å². The second-order valence-electron chi connectivity index (χ2n) is 4.79. The predicted molar refractivity (Wildman–Crippen MR) is 86.6 cm³/mol. The number of Topliss-reactive ketones (excluding diaryl/α,β-unsaturated/α-hetero) is 1. The number of H-pyrrole nitrogens is 1. The minimum absolute atomic E-state index is 0.112. The maximum atomic E-state index is 12.3. The summed E-state index contributed by atoms with van der Waals surface area (Å²) in [5.41, 5.74) is 2.55. The molecule has 1 atom stereocenters. The Morgan fingerprint density at radius 2 is 1.91 bits per heavy atom. The molecule has 2 aromatic carbocycles. The molecule has 0 spiro atoms. The maximum absolute atomic E-state index is 12.3. The number of carbonyl (C=O) groups is 1. The molecule has 0 fully saturated rings. The van der Waals surface area contributed by atoms with Gasteiger partial charge in [-0.3, -0.25) is 4.79 Å². The first-order chi connectivity index (χ1) is 10.8. The molecule has 4 nitrogen and oxygen atoms in total. The quantitative estimate of drug-likeness (QED) is 0.732.